The molecule has 2 aromatic rings. The number of nitrogens with zero attached hydrogens (tertiary/aromatic N) is 2. The first-order valence-electron chi connectivity index (χ1n) is 9.51. The Bertz CT molecular complexity index is 905. The molecule has 148 valence electrons. The van der Waals surface area contributed by atoms with Gasteiger partial charge in [-0.15, -0.1) is 0 Å². The quantitative estimate of drug-likeness (QED) is 0.760. The molecular weight excluding hydrogens is 426 g/mol. The predicted octanol–water partition coefficient (Wildman–Crippen LogP) is 4.16. The highest BCUT2D eigenvalue weighted by Gasteiger charge is 2.29. The summed E-state index contributed by atoms with van der Waals surface area (Å²) in [6.07, 6.45) is 5.88. The fourth-order valence-corrected chi connectivity index (χ4v) is 4.22. The van der Waals surface area contributed by atoms with Gasteiger partial charge in [0.05, 0.1) is 11.4 Å². The van der Waals surface area contributed by atoms with Gasteiger partial charge >= 0.3 is 0 Å². The van der Waals surface area contributed by atoms with Gasteiger partial charge in [-0.25, -0.2) is 0 Å². The third kappa shape index (κ3) is 3.78. The van der Waals surface area contributed by atoms with Gasteiger partial charge < -0.3 is 9.26 Å². The van der Waals surface area contributed by atoms with Crippen molar-refractivity contribution >= 4 is 39.3 Å². The number of carbonyl (C=O) groups excluding carboxylic acids is 2. The van der Waals surface area contributed by atoms with Crippen molar-refractivity contribution in [1.29, 1.82) is 0 Å². The predicted molar refractivity (Wildman–Crippen MR) is 108 cm³/mol. The highest BCUT2D eigenvalue weighted by atomic mass is 79.9. The van der Waals surface area contributed by atoms with E-state index in [9.17, 15) is 9.59 Å². The molecule has 0 atom stereocenters. The molecule has 8 heteroatoms. The molecule has 1 saturated carbocycles. The third-order valence-corrected chi connectivity index (χ3v) is 5.86. The summed E-state index contributed by atoms with van der Waals surface area (Å²) in [4.78, 5) is 26.3. The van der Waals surface area contributed by atoms with Crippen molar-refractivity contribution in [3.05, 3.63) is 33.9 Å². The lowest BCUT2D eigenvalue weighted by Gasteiger charge is -2.28. The lowest BCUT2D eigenvalue weighted by molar-refractivity contribution is -0.123. The summed E-state index contributed by atoms with van der Waals surface area (Å²) in [5.74, 6) is 0.731. The molecule has 0 spiro atoms. The Hall–Kier alpha value is -2.35. The smallest absolute Gasteiger partial charge is 0.265 e. The van der Waals surface area contributed by atoms with Crippen molar-refractivity contribution in [3.8, 4) is 5.75 Å². The Kier molecular flexibility index (Phi) is 5.39. The number of benzene rings is 1. The highest BCUT2D eigenvalue weighted by Crippen LogP contribution is 2.36. The van der Waals surface area contributed by atoms with E-state index < -0.39 is 0 Å². The molecule has 0 radical (unpaired) electrons. The number of hydrogen-bond acceptors (Lipinski definition) is 5. The number of amides is 2. The van der Waals surface area contributed by atoms with Gasteiger partial charge in [0.2, 0.25) is 11.8 Å². The number of anilines is 2. The zero-order valence-corrected chi connectivity index (χ0v) is 17.3. The molecule has 0 unspecified atom stereocenters. The number of carbonyl (C=O) groups is 2. The lowest BCUT2D eigenvalue weighted by atomic mass is 9.86. The van der Waals surface area contributed by atoms with Crippen LogP contribution in [0.3, 0.4) is 0 Å². The van der Waals surface area contributed by atoms with E-state index in [2.05, 4.69) is 26.4 Å². The van der Waals surface area contributed by atoms with E-state index in [-0.39, 0.29) is 25.0 Å². The van der Waals surface area contributed by atoms with Crippen molar-refractivity contribution in [3.63, 3.8) is 0 Å². The molecule has 7 nitrogen and oxygen atoms in total. The number of hydrogen-bond donors (Lipinski definition) is 1. The summed E-state index contributed by atoms with van der Waals surface area (Å²) in [7, 11) is 0. The normalized spacial score (nSPS) is 17.2. The minimum absolute atomic E-state index is 0.0934. The molecular formula is C20H22BrN3O4. The molecule has 0 saturated heterocycles. The van der Waals surface area contributed by atoms with E-state index in [0.717, 1.165) is 28.6 Å². The van der Waals surface area contributed by atoms with Gasteiger partial charge in [-0.3, -0.25) is 19.8 Å². The number of rotatable bonds is 4. The summed E-state index contributed by atoms with van der Waals surface area (Å²) in [5, 5.41) is 6.97. The standard InChI is InChI=1S/C20H22BrN3O4/c1-12-19(13-5-3-2-4-6-13)23-28-20(12)22-17(25)10-24-15-8-7-14(21)9-16(15)27-11-18(24)26/h7-9,13H,2-6,10-11H2,1H3,(H,22,25). The van der Waals surface area contributed by atoms with Crippen LogP contribution in [0.25, 0.3) is 0 Å². The molecule has 1 fully saturated rings. The maximum Gasteiger partial charge on any atom is 0.265 e. The third-order valence-electron chi connectivity index (χ3n) is 5.37. The zero-order chi connectivity index (χ0) is 19.7. The summed E-state index contributed by atoms with van der Waals surface area (Å²) in [6, 6.07) is 5.34. The van der Waals surface area contributed by atoms with Gasteiger partial charge in [-0.05, 0) is 38.0 Å². The van der Waals surface area contributed by atoms with E-state index >= 15 is 0 Å². The Morgan fingerprint density at radius 2 is 2.11 bits per heavy atom. The molecule has 2 aliphatic rings. The molecule has 0 bridgehead atoms. The van der Waals surface area contributed by atoms with Crippen molar-refractivity contribution in [2.24, 2.45) is 0 Å². The Labute approximate surface area is 171 Å². The van der Waals surface area contributed by atoms with Crippen molar-refractivity contribution in [1.82, 2.24) is 5.16 Å². The number of halogens is 1. The molecule has 1 aromatic heterocycles. The second-order valence-electron chi connectivity index (χ2n) is 7.29. The molecule has 1 aromatic carbocycles. The van der Waals surface area contributed by atoms with Crippen LogP contribution >= 0.6 is 15.9 Å². The second-order valence-corrected chi connectivity index (χ2v) is 8.20. The second kappa shape index (κ2) is 7.95. The molecule has 28 heavy (non-hydrogen) atoms. The number of ether oxygens (including phenoxy) is 1. The average Bonchev–Trinajstić information content (AvgIpc) is 3.05. The van der Waals surface area contributed by atoms with Crippen LogP contribution in [-0.4, -0.2) is 30.1 Å². The summed E-state index contributed by atoms with van der Waals surface area (Å²) < 4.78 is 11.7. The number of fused-ring (bicyclic) bond motifs is 1. The van der Waals surface area contributed by atoms with E-state index in [0.29, 0.717) is 23.2 Å². The minimum atomic E-state index is -0.335. The summed E-state index contributed by atoms with van der Waals surface area (Å²) >= 11 is 3.38. The van der Waals surface area contributed by atoms with E-state index in [1.54, 1.807) is 12.1 Å². The van der Waals surface area contributed by atoms with Gasteiger partial charge in [0, 0.05) is 16.0 Å². The fourth-order valence-electron chi connectivity index (χ4n) is 3.88. The Morgan fingerprint density at radius 1 is 1.32 bits per heavy atom. The number of nitrogens with one attached hydrogen (secondary N) is 1. The lowest BCUT2D eigenvalue weighted by Crippen LogP contribution is -2.43. The molecule has 1 aliphatic carbocycles. The maximum absolute atomic E-state index is 12.6. The topological polar surface area (TPSA) is 84.7 Å². The first-order valence-corrected chi connectivity index (χ1v) is 10.3. The van der Waals surface area contributed by atoms with Crippen molar-refractivity contribution in [2.75, 3.05) is 23.4 Å². The molecule has 1 N–H and O–H groups in total. The monoisotopic (exact) mass is 447 g/mol. The van der Waals surface area contributed by atoms with Crippen LogP contribution in [0.5, 0.6) is 5.75 Å². The average molecular weight is 448 g/mol. The van der Waals surface area contributed by atoms with E-state index in [1.165, 1.54) is 24.2 Å². The molecule has 2 amide bonds. The van der Waals surface area contributed by atoms with Gasteiger partial charge in [-0.2, -0.15) is 0 Å². The van der Waals surface area contributed by atoms with Crippen LogP contribution in [0.1, 0.15) is 49.3 Å². The van der Waals surface area contributed by atoms with Crippen LogP contribution in [0.15, 0.2) is 27.2 Å². The Morgan fingerprint density at radius 3 is 2.89 bits per heavy atom. The van der Waals surface area contributed by atoms with Crippen molar-refractivity contribution in [2.45, 2.75) is 44.9 Å². The summed E-state index contributed by atoms with van der Waals surface area (Å²) in [6.45, 7) is 1.71. The first-order chi connectivity index (χ1) is 13.5. The van der Waals surface area contributed by atoms with Crippen LogP contribution in [0.2, 0.25) is 0 Å². The fraction of sp³-hybridized carbons (Fsp3) is 0.450. The van der Waals surface area contributed by atoms with Crippen LogP contribution in [0, 0.1) is 6.92 Å². The minimum Gasteiger partial charge on any atom is -0.482 e. The van der Waals surface area contributed by atoms with E-state index in [1.807, 2.05) is 13.0 Å². The molecule has 4 rings (SSSR count). The zero-order valence-electron chi connectivity index (χ0n) is 15.7. The van der Waals surface area contributed by atoms with Crippen LogP contribution < -0.4 is 15.0 Å². The van der Waals surface area contributed by atoms with Gasteiger partial charge in [0.1, 0.15) is 12.3 Å². The van der Waals surface area contributed by atoms with Crippen molar-refractivity contribution < 1.29 is 18.8 Å². The number of aromatic nitrogens is 1. The SMILES string of the molecule is Cc1c(C2CCCCC2)noc1NC(=O)CN1C(=O)COc2cc(Br)ccc21. The van der Waals surface area contributed by atoms with Crippen LogP contribution in [0.4, 0.5) is 11.6 Å². The van der Waals surface area contributed by atoms with Gasteiger partial charge in [-0.1, -0.05) is 40.3 Å². The first kappa shape index (κ1) is 19.0. The van der Waals surface area contributed by atoms with Gasteiger partial charge in [0.15, 0.2) is 6.61 Å². The molecule has 1 aliphatic heterocycles. The van der Waals surface area contributed by atoms with Gasteiger partial charge in [0.25, 0.3) is 5.91 Å². The maximum atomic E-state index is 12.6. The van der Waals surface area contributed by atoms with E-state index in [4.69, 9.17) is 9.26 Å². The van der Waals surface area contributed by atoms with Crippen LogP contribution in [-0.2, 0) is 9.59 Å². The summed E-state index contributed by atoms with van der Waals surface area (Å²) in [5.41, 5.74) is 2.39. The molecule has 2 heterocycles. The highest BCUT2D eigenvalue weighted by molar-refractivity contribution is 9.10. The Balaban J connectivity index is 1.47. The largest absolute Gasteiger partial charge is 0.482 e.